The van der Waals surface area contributed by atoms with Crippen molar-refractivity contribution in [3.05, 3.63) is 12.2 Å². The lowest BCUT2D eigenvalue weighted by molar-refractivity contribution is 0.0448. The van der Waals surface area contributed by atoms with E-state index in [0.717, 1.165) is 31.6 Å². The van der Waals surface area contributed by atoms with Gasteiger partial charge >= 0.3 is 6.09 Å². The third-order valence-electron chi connectivity index (χ3n) is 4.59. The predicted molar refractivity (Wildman–Crippen MR) is 111 cm³/mol. The van der Waals surface area contributed by atoms with Crippen LogP contribution in [0.15, 0.2) is 11.3 Å². The maximum atomic E-state index is 12.2. The lowest BCUT2D eigenvalue weighted by Crippen LogP contribution is -2.57. The van der Waals surface area contributed by atoms with E-state index < -0.39 is 17.2 Å². The van der Waals surface area contributed by atoms with E-state index in [1.54, 1.807) is 13.4 Å². The molecule has 0 bridgehead atoms. The van der Waals surface area contributed by atoms with Crippen LogP contribution < -0.4 is 16.0 Å². The number of hydrogen-bond donors (Lipinski definition) is 3. The van der Waals surface area contributed by atoms with Gasteiger partial charge in [0.25, 0.3) is 0 Å². The molecular weight excluding hydrogens is 358 g/mol. The molecule has 0 atom stereocenters. The number of nitrogens with one attached hydrogen (secondary N) is 3. The first-order valence-corrected chi connectivity index (χ1v) is 10.0. The van der Waals surface area contributed by atoms with Crippen LogP contribution >= 0.6 is 0 Å². The Morgan fingerprint density at radius 3 is 2.43 bits per heavy atom. The molecule has 0 fully saturated rings. The lowest BCUT2D eigenvalue weighted by atomic mass is 9.93. The van der Waals surface area contributed by atoms with E-state index in [0.29, 0.717) is 19.0 Å². The van der Waals surface area contributed by atoms with Crippen LogP contribution in [0, 0.1) is 0 Å². The average molecular weight is 396 g/mol. The summed E-state index contributed by atoms with van der Waals surface area (Å²) in [6.45, 7) is 13.7. The molecule has 1 rings (SSSR count). The number of nitrogens with zero attached hydrogens (tertiary/aromatic N) is 4. The Kier molecular flexibility index (Phi) is 9.21. The molecule has 9 nitrogen and oxygen atoms in total. The fourth-order valence-electron chi connectivity index (χ4n) is 2.75. The summed E-state index contributed by atoms with van der Waals surface area (Å²) in [5.74, 6) is 1.64. The van der Waals surface area contributed by atoms with Gasteiger partial charge in [-0.15, -0.1) is 10.2 Å². The molecule has 1 heterocycles. The number of amides is 1. The number of rotatable bonds is 9. The first-order valence-electron chi connectivity index (χ1n) is 10.0. The van der Waals surface area contributed by atoms with E-state index in [1.165, 1.54) is 0 Å². The van der Waals surface area contributed by atoms with E-state index >= 15 is 0 Å². The first-order chi connectivity index (χ1) is 13.2. The third-order valence-corrected chi connectivity index (χ3v) is 4.59. The van der Waals surface area contributed by atoms with E-state index in [2.05, 4.69) is 51.9 Å². The Hall–Kier alpha value is -2.32. The SMILES string of the molecule is CCc1nncn1CCNC(=NC)NCC(CC)(CC)NC(=O)OC(C)(C)C. The molecule has 0 radical (unpaired) electrons. The molecule has 0 spiro atoms. The minimum absolute atomic E-state index is 0.402. The molecule has 0 aliphatic carbocycles. The smallest absolute Gasteiger partial charge is 0.408 e. The summed E-state index contributed by atoms with van der Waals surface area (Å²) in [6.07, 6.45) is 3.72. The highest BCUT2D eigenvalue weighted by Gasteiger charge is 2.30. The fourth-order valence-corrected chi connectivity index (χ4v) is 2.75. The number of alkyl carbamates (subject to hydrolysis) is 1. The van der Waals surface area contributed by atoms with Crippen molar-refractivity contribution in [3.8, 4) is 0 Å². The molecule has 0 aliphatic rings. The second-order valence-corrected chi connectivity index (χ2v) is 7.76. The highest BCUT2D eigenvalue weighted by molar-refractivity contribution is 5.79. The number of aromatic nitrogens is 3. The van der Waals surface area contributed by atoms with Crippen LogP contribution in [-0.4, -0.2) is 58.1 Å². The van der Waals surface area contributed by atoms with Crippen molar-refractivity contribution < 1.29 is 9.53 Å². The quantitative estimate of drug-likeness (QED) is 0.437. The van der Waals surface area contributed by atoms with E-state index in [9.17, 15) is 4.79 Å². The molecule has 0 saturated heterocycles. The molecular formula is C19H37N7O2. The number of aliphatic imine (C=N–C) groups is 1. The van der Waals surface area contributed by atoms with Crippen molar-refractivity contribution in [1.29, 1.82) is 0 Å². The first kappa shape index (κ1) is 23.7. The minimum atomic E-state index is -0.526. The van der Waals surface area contributed by atoms with Gasteiger partial charge in [-0.2, -0.15) is 0 Å². The fraction of sp³-hybridized carbons (Fsp3) is 0.789. The van der Waals surface area contributed by atoms with Crippen LogP contribution in [0.2, 0.25) is 0 Å². The van der Waals surface area contributed by atoms with Gasteiger partial charge in [-0.1, -0.05) is 20.8 Å². The third kappa shape index (κ3) is 7.74. The average Bonchev–Trinajstić information content (AvgIpc) is 3.09. The van der Waals surface area contributed by atoms with Gasteiger partial charge in [0, 0.05) is 33.1 Å². The van der Waals surface area contributed by atoms with Crippen molar-refractivity contribution in [2.75, 3.05) is 20.1 Å². The zero-order valence-corrected chi connectivity index (χ0v) is 18.4. The largest absolute Gasteiger partial charge is 0.444 e. The lowest BCUT2D eigenvalue weighted by Gasteiger charge is -2.34. The van der Waals surface area contributed by atoms with Crippen molar-refractivity contribution in [2.45, 2.75) is 78.5 Å². The maximum absolute atomic E-state index is 12.2. The summed E-state index contributed by atoms with van der Waals surface area (Å²) < 4.78 is 7.44. The van der Waals surface area contributed by atoms with E-state index in [4.69, 9.17) is 4.74 Å². The molecule has 1 aromatic heterocycles. The summed E-state index contributed by atoms with van der Waals surface area (Å²) in [5, 5.41) is 17.7. The normalized spacial score (nSPS) is 12.6. The Labute approximate surface area is 168 Å². The monoisotopic (exact) mass is 395 g/mol. The zero-order chi connectivity index (χ0) is 21.2. The molecule has 3 N–H and O–H groups in total. The standard InChI is InChI=1S/C19H37N7O2/c1-8-15-25-23-14-26(15)12-11-21-16(20-7)22-13-19(9-2,10-3)24-17(27)28-18(4,5)6/h14H,8-13H2,1-7H3,(H,24,27)(H2,20,21,22). The number of hydrogen-bond acceptors (Lipinski definition) is 5. The molecule has 0 unspecified atom stereocenters. The van der Waals surface area contributed by atoms with Gasteiger partial charge in [0.05, 0.1) is 5.54 Å². The van der Waals surface area contributed by atoms with Crippen LogP contribution in [0.1, 0.15) is 60.2 Å². The van der Waals surface area contributed by atoms with Crippen molar-refractivity contribution in [2.24, 2.45) is 4.99 Å². The van der Waals surface area contributed by atoms with Crippen molar-refractivity contribution in [3.63, 3.8) is 0 Å². The Balaban J connectivity index is 2.58. The second-order valence-electron chi connectivity index (χ2n) is 7.76. The minimum Gasteiger partial charge on any atom is -0.444 e. The number of guanidine groups is 1. The summed E-state index contributed by atoms with van der Waals surface area (Å²) >= 11 is 0. The molecule has 160 valence electrons. The van der Waals surface area contributed by atoms with E-state index in [1.807, 2.05) is 25.3 Å². The number of carbonyl (C=O) groups is 1. The van der Waals surface area contributed by atoms with Crippen molar-refractivity contribution >= 4 is 12.1 Å². The van der Waals surface area contributed by atoms with Crippen LogP contribution in [0.3, 0.4) is 0 Å². The Morgan fingerprint density at radius 2 is 1.89 bits per heavy atom. The summed E-state index contributed by atoms with van der Waals surface area (Å²) in [7, 11) is 1.73. The van der Waals surface area contributed by atoms with Crippen LogP contribution in [0.25, 0.3) is 0 Å². The zero-order valence-electron chi connectivity index (χ0n) is 18.4. The van der Waals surface area contributed by atoms with Gasteiger partial charge in [0.2, 0.25) is 0 Å². The summed E-state index contributed by atoms with van der Waals surface area (Å²) in [6, 6.07) is 0. The number of carbonyl (C=O) groups excluding carboxylic acids is 1. The van der Waals surface area contributed by atoms with Gasteiger partial charge in [-0.25, -0.2) is 4.79 Å². The molecule has 1 amide bonds. The Morgan fingerprint density at radius 1 is 1.21 bits per heavy atom. The Bertz CT molecular complexity index is 630. The molecule has 0 saturated carbocycles. The topological polar surface area (TPSA) is 105 Å². The molecule has 1 aromatic rings. The molecule has 9 heteroatoms. The molecule has 0 aliphatic heterocycles. The van der Waals surface area contributed by atoms with E-state index in [-0.39, 0.29) is 0 Å². The molecule has 28 heavy (non-hydrogen) atoms. The van der Waals surface area contributed by atoms with Gasteiger partial charge in [0.15, 0.2) is 5.96 Å². The summed E-state index contributed by atoms with van der Waals surface area (Å²) in [5.41, 5.74) is -0.939. The highest BCUT2D eigenvalue weighted by Crippen LogP contribution is 2.16. The number of aryl methyl sites for hydroxylation is 1. The maximum Gasteiger partial charge on any atom is 0.408 e. The van der Waals surface area contributed by atoms with Crippen LogP contribution in [0.4, 0.5) is 4.79 Å². The van der Waals surface area contributed by atoms with Crippen LogP contribution in [-0.2, 0) is 17.7 Å². The van der Waals surface area contributed by atoms with Crippen LogP contribution in [0.5, 0.6) is 0 Å². The summed E-state index contributed by atoms with van der Waals surface area (Å²) in [4.78, 5) is 16.5. The van der Waals surface area contributed by atoms with Gasteiger partial charge in [-0.05, 0) is 33.6 Å². The van der Waals surface area contributed by atoms with Gasteiger partial charge in [-0.3, -0.25) is 4.99 Å². The van der Waals surface area contributed by atoms with Crippen molar-refractivity contribution in [1.82, 2.24) is 30.7 Å². The highest BCUT2D eigenvalue weighted by atomic mass is 16.6. The predicted octanol–water partition coefficient (Wildman–Crippen LogP) is 2.09. The van der Waals surface area contributed by atoms with Gasteiger partial charge in [0.1, 0.15) is 17.8 Å². The number of ether oxygens (including phenoxy) is 1. The van der Waals surface area contributed by atoms with Gasteiger partial charge < -0.3 is 25.3 Å². The molecule has 0 aromatic carbocycles. The second kappa shape index (κ2) is 10.9.